The molecule has 0 aliphatic carbocycles. The van der Waals surface area contributed by atoms with Crippen molar-refractivity contribution in [2.24, 2.45) is 5.73 Å². The summed E-state index contributed by atoms with van der Waals surface area (Å²) in [6, 6.07) is 11.6. The Morgan fingerprint density at radius 1 is 1.10 bits per heavy atom. The van der Waals surface area contributed by atoms with Crippen LogP contribution < -0.4 is 5.73 Å². The molecule has 0 bridgehead atoms. The number of carbonyl (C=O) groups is 1. The molecule has 9 heteroatoms. The highest BCUT2D eigenvalue weighted by molar-refractivity contribution is 5.94. The summed E-state index contributed by atoms with van der Waals surface area (Å²) in [4.78, 5) is 21.0. The second-order valence-electron chi connectivity index (χ2n) is 6.56. The van der Waals surface area contributed by atoms with Crippen molar-refractivity contribution < 1.29 is 13.6 Å². The van der Waals surface area contributed by atoms with E-state index in [-0.39, 0.29) is 30.7 Å². The molecule has 1 fully saturated rings. The van der Waals surface area contributed by atoms with Crippen LogP contribution in [-0.2, 0) is 13.1 Å². The molecule has 2 aromatic heterocycles. The van der Waals surface area contributed by atoms with Crippen molar-refractivity contribution in [3.8, 4) is 11.3 Å². The van der Waals surface area contributed by atoms with Gasteiger partial charge in [-0.3, -0.25) is 9.69 Å². The minimum Gasteiger partial charge on any atom is -0.467 e. The highest BCUT2D eigenvalue weighted by Gasteiger charge is 2.24. The number of rotatable bonds is 5. The number of hydrogen-bond donors (Lipinski definition) is 1. The molecule has 0 atom stereocenters. The molecule has 0 spiro atoms. The van der Waals surface area contributed by atoms with Gasteiger partial charge >= 0.3 is 0 Å². The maximum absolute atomic E-state index is 12.5. The Hall–Kier alpha value is -2.32. The number of aromatic nitrogens is 1. The van der Waals surface area contributed by atoms with E-state index in [1.165, 1.54) is 6.26 Å². The second kappa shape index (κ2) is 10.5. The van der Waals surface area contributed by atoms with E-state index in [9.17, 15) is 4.79 Å². The Bertz CT molecular complexity index is 905. The summed E-state index contributed by atoms with van der Waals surface area (Å²) in [5, 5.41) is 0. The number of carbonyl (C=O) groups excluding carboxylic acids is 1. The summed E-state index contributed by atoms with van der Waals surface area (Å²) < 4.78 is 11.1. The average molecular weight is 439 g/mol. The van der Waals surface area contributed by atoms with E-state index in [1.807, 2.05) is 35.2 Å². The van der Waals surface area contributed by atoms with Gasteiger partial charge in [0.2, 0.25) is 5.89 Å². The van der Waals surface area contributed by atoms with Crippen LogP contribution in [0.4, 0.5) is 0 Å². The number of amides is 1. The lowest BCUT2D eigenvalue weighted by Gasteiger charge is -2.33. The zero-order chi connectivity index (χ0) is 18.6. The fourth-order valence-electron chi connectivity index (χ4n) is 3.20. The van der Waals surface area contributed by atoms with E-state index in [0.717, 1.165) is 24.4 Å². The van der Waals surface area contributed by atoms with Crippen molar-refractivity contribution >= 4 is 30.7 Å². The number of oxazole rings is 1. The number of benzene rings is 1. The van der Waals surface area contributed by atoms with Crippen molar-refractivity contribution in [1.29, 1.82) is 0 Å². The maximum atomic E-state index is 12.5. The summed E-state index contributed by atoms with van der Waals surface area (Å²) in [7, 11) is 0. The lowest BCUT2D eigenvalue weighted by atomic mass is 10.2. The van der Waals surface area contributed by atoms with Crippen molar-refractivity contribution in [2.45, 2.75) is 13.1 Å². The first kappa shape index (κ1) is 23.0. The first-order chi connectivity index (χ1) is 13.2. The molecule has 0 radical (unpaired) electrons. The van der Waals surface area contributed by atoms with E-state index in [1.54, 1.807) is 12.3 Å². The second-order valence-corrected chi connectivity index (χ2v) is 6.56. The molecule has 3 heterocycles. The molecule has 1 aliphatic rings. The number of nitrogens with zero attached hydrogens (tertiary/aromatic N) is 3. The van der Waals surface area contributed by atoms with E-state index >= 15 is 0 Å². The van der Waals surface area contributed by atoms with Gasteiger partial charge < -0.3 is 19.5 Å². The van der Waals surface area contributed by atoms with Crippen LogP contribution in [0.5, 0.6) is 0 Å². The highest BCUT2D eigenvalue weighted by atomic mass is 35.5. The molecule has 7 nitrogen and oxygen atoms in total. The number of nitrogens with two attached hydrogens (primary N) is 1. The molecule has 1 aromatic carbocycles. The lowest BCUT2D eigenvalue weighted by molar-refractivity contribution is 0.0617. The zero-order valence-electron chi connectivity index (χ0n) is 15.8. The van der Waals surface area contributed by atoms with E-state index in [4.69, 9.17) is 14.6 Å². The largest absolute Gasteiger partial charge is 0.467 e. The predicted octanol–water partition coefficient (Wildman–Crippen LogP) is 3.19. The van der Waals surface area contributed by atoms with Gasteiger partial charge in [0.15, 0.2) is 5.76 Å². The normalized spacial score (nSPS) is 14.2. The van der Waals surface area contributed by atoms with Crippen LogP contribution in [0.1, 0.15) is 22.0 Å². The van der Waals surface area contributed by atoms with Gasteiger partial charge in [0.1, 0.15) is 12.0 Å². The molecular weight excluding hydrogens is 415 g/mol. The van der Waals surface area contributed by atoms with Gasteiger partial charge in [0.25, 0.3) is 5.91 Å². The third-order valence-electron chi connectivity index (χ3n) is 4.73. The fourth-order valence-corrected chi connectivity index (χ4v) is 3.20. The molecule has 3 aromatic rings. The molecule has 0 unspecified atom stereocenters. The average Bonchev–Trinajstić information content (AvgIpc) is 3.38. The summed E-state index contributed by atoms with van der Waals surface area (Å²) in [6.45, 7) is 3.80. The van der Waals surface area contributed by atoms with Crippen LogP contribution >= 0.6 is 24.8 Å². The molecule has 2 N–H and O–H groups in total. The Morgan fingerprint density at radius 2 is 1.83 bits per heavy atom. The predicted molar refractivity (Wildman–Crippen MR) is 114 cm³/mol. The van der Waals surface area contributed by atoms with Crippen LogP contribution in [0.2, 0.25) is 0 Å². The lowest BCUT2D eigenvalue weighted by Crippen LogP contribution is -2.48. The standard InChI is InChI=1S/C20H22N4O3.2ClH/c21-11-17-10-16(14-26-17)20(25)24-8-6-23(7-9-24)13-19-22-12-18(27-19)15-4-2-1-3-5-15;;/h1-5,10,12,14H,6-9,11,13,21H2;2*1H. The van der Waals surface area contributed by atoms with Crippen molar-refractivity contribution in [2.75, 3.05) is 26.2 Å². The van der Waals surface area contributed by atoms with Crippen molar-refractivity contribution in [3.63, 3.8) is 0 Å². The van der Waals surface area contributed by atoms with Crippen LogP contribution in [0.15, 0.2) is 57.7 Å². The van der Waals surface area contributed by atoms with E-state index in [2.05, 4.69) is 9.88 Å². The molecular formula is C20H24Cl2N4O3. The summed E-state index contributed by atoms with van der Waals surface area (Å²) in [5.74, 6) is 2.07. The van der Waals surface area contributed by atoms with Crippen LogP contribution in [-0.4, -0.2) is 46.9 Å². The van der Waals surface area contributed by atoms with Gasteiger partial charge in [-0.15, -0.1) is 24.8 Å². The molecule has 0 saturated carbocycles. The number of furan rings is 1. The Kier molecular flexibility index (Phi) is 8.28. The van der Waals surface area contributed by atoms with Gasteiger partial charge in [0, 0.05) is 31.7 Å². The Labute approximate surface area is 181 Å². The molecule has 29 heavy (non-hydrogen) atoms. The smallest absolute Gasteiger partial charge is 0.257 e. The van der Waals surface area contributed by atoms with E-state index in [0.29, 0.717) is 43.4 Å². The fraction of sp³-hybridized carbons (Fsp3) is 0.300. The number of halogens is 2. The summed E-state index contributed by atoms with van der Waals surface area (Å²) in [6.07, 6.45) is 3.24. The molecule has 1 aliphatic heterocycles. The zero-order valence-corrected chi connectivity index (χ0v) is 17.5. The molecule has 1 amide bonds. The quantitative estimate of drug-likeness (QED) is 0.657. The van der Waals surface area contributed by atoms with Gasteiger partial charge in [-0.2, -0.15) is 0 Å². The minimum atomic E-state index is -0.0133. The Morgan fingerprint density at radius 3 is 2.48 bits per heavy atom. The molecule has 1 saturated heterocycles. The van der Waals surface area contributed by atoms with E-state index < -0.39 is 0 Å². The first-order valence-electron chi connectivity index (χ1n) is 9.02. The summed E-state index contributed by atoms with van der Waals surface area (Å²) >= 11 is 0. The molecule has 4 rings (SSSR count). The number of hydrogen-bond acceptors (Lipinski definition) is 6. The topological polar surface area (TPSA) is 88.7 Å². The van der Waals surface area contributed by atoms with Gasteiger partial charge in [-0.05, 0) is 6.07 Å². The maximum Gasteiger partial charge on any atom is 0.257 e. The third kappa shape index (κ3) is 5.39. The van der Waals surface area contributed by atoms with Crippen LogP contribution in [0, 0.1) is 0 Å². The van der Waals surface area contributed by atoms with Gasteiger partial charge in [-0.25, -0.2) is 4.98 Å². The van der Waals surface area contributed by atoms with Crippen LogP contribution in [0.3, 0.4) is 0 Å². The SMILES string of the molecule is Cl.Cl.NCc1cc(C(=O)N2CCN(Cc3ncc(-c4ccccc4)o3)CC2)co1. The van der Waals surface area contributed by atoms with Gasteiger partial charge in [0.05, 0.1) is 24.8 Å². The third-order valence-corrected chi connectivity index (χ3v) is 4.73. The first-order valence-corrected chi connectivity index (χ1v) is 9.02. The Balaban J connectivity index is 0.00000150. The minimum absolute atomic E-state index is 0. The number of piperazine rings is 1. The molecule has 156 valence electrons. The summed E-state index contributed by atoms with van der Waals surface area (Å²) in [5.41, 5.74) is 7.11. The monoisotopic (exact) mass is 438 g/mol. The van der Waals surface area contributed by atoms with Crippen LogP contribution in [0.25, 0.3) is 11.3 Å². The van der Waals surface area contributed by atoms with Crippen molar-refractivity contribution in [1.82, 2.24) is 14.8 Å². The highest BCUT2D eigenvalue weighted by Crippen LogP contribution is 2.21. The van der Waals surface area contributed by atoms with Gasteiger partial charge in [-0.1, -0.05) is 30.3 Å². The van der Waals surface area contributed by atoms with Crippen molar-refractivity contribution in [3.05, 3.63) is 66.1 Å².